The maximum absolute atomic E-state index is 11.3. The molecule has 5 N–H and O–H groups in total. The number of nitrogens with zero attached hydrogens (tertiary/aromatic N) is 4. The van der Waals surface area contributed by atoms with E-state index in [9.17, 15) is 29.1 Å². The quantitative estimate of drug-likeness (QED) is 0.226. The Balaban J connectivity index is 0.00000210. The van der Waals surface area contributed by atoms with Gasteiger partial charge in [-0.1, -0.05) is 0 Å². The molecule has 0 amide bonds. The van der Waals surface area contributed by atoms with E-state index in [1.54, 1.807) is 0 Å². The molecule has 0 radical (unpaired) electrons. The van der Waals surface area contributed by atoms with Crippen LogP contribution in [0.1, 0.15) is 6.23 Å². The van der Waals surface area contributed by atoms with E-state index in [1.807, 2.05) is 0 Å². The zero-order chi connectivity index (χ0) is 20.0. The van der Waals surface area contributed by atoms with Crippen molar-refractivity contribution in [2.75, 3.05) is 12.3 Å². The Labute approximate surface area is 207 Å². The number of aliphatic hydroxyl groups excluding tert-OH is 2. The molecule has 2 aromatic rings. The molecule has 6 atom stereocenters. The Hall–Kier alpha value is 0.490. The van der Waals surface area contributed by atoms with Gasteiger partial charge >= 0.3 is 59.1 Å². The Bertz CT molecular complexity index is 943. The molecular weight excluding hydrogens is 458 g/mol. The third kappa shape index (κ3) is 6.49. The summed E-state index contributed by atoms with van der Waals surface area (Å²) in [6.45, 7) is -0.904. The smallest absolute Gasteiger partial charge is 0.756 e. The van der Waals surface area contributed by atoms with E-state index in [1.165, 1.54) is 10.9 Å². The molecule has 3 rings (SSSR count). The maximum atomic E-state index is 11.3. The van der Waals surface area contributed by atoms with E-state index in [4.69, 9.17) is 15.4 Å². The number of aliphatic hydroxyl groups is 2. The number of nitrogen functional groups attached to an aromatic ring is 1. The Kier molecular flexibility index (Phi) is 9.87. The van der Waals surface area contributed by atoms with Gasteiger partial charge in [-0.25, -0.2) is 19.3 Å². The first-order valence-corrected chi connectivity index (χ1v) is 10.1. The molecule has 1 saturated heterocycles. The summed E-state index contributed by atoms with van der Waals surface area (Å²) in [7, 11) is -11.0. The molecule has 1 fully saturated rings. The van der Waals surface area contributed by atoms with Crippen molar-refractivity contribution in [2.24, 2.45) is 0 Å². The number of anilines is 1. The van der Waals surface area contributed by atoms with Crippen molar-refractivity contribution in [1.82, 2.24) is 19.5 Å². The van der Waals surface area contributed by atoms with Crippen LogP contribution in [0, 0.1) is 0 Å². The van der Waals surface area contributed by atoms with Crippen LogP contribution in [0.3, 0.4) is 0 Å². The Morgan fingerprint density at radius 3 is 2.48 bits per heavy atom. The molecule has 150 valence electrons. The van der Waals surface area contributed by atoms with Crippen molar-refractivity contribution in [2.45, 2.75) is 24.5 Å². The van der Waals surface area contributed by atoms with Gasteiger partial charge in [0.15, 0.2) is 17.7 Å². The molecule has 2 aromatic heterocycles. The van der Waals surface area contributed by atoms with Crippen molar-refractivity contribution in [3.63, 3.8) is 0 Å². The Morgan fingerprint density at radius 2 is 1.86 bits per heavy atom. The number of hydrogen-bond acceptors (Lipinski definition) is 13. The van der Waals surface area contributed by atoms with E-state index in [2.05, 4.69) is 23.8 Å². The average molecular weight is 471 g/mol. The van der Waals surface area contributed by atoms with E-state index >= 15 is 0 Å². The number of aromatic nitrogens is 4. The molecule has 15 nitrogen and oxygen atoms in total. The van der Waals surface area contributed by atoms with Crippen molar-refractivity contribution >= 4 is 32.6 Å². The van der Waals surface area contributed by atoms with Gasteiger partial charge in [0.05, 0.1) is 12.9 Å². The first-order valence-electron chi connectivity index (χ1n) is 7.14. The number of phosphoric ester groups is 1. The third-order valence-electron chi connectivity index (χ3n) is 3.60. The van der Waals surface area contributed by atoms with Crippen LogP contribution >= 0.6 is 15.6 Å². The van der Waals surface area contributed by atoms with Crippen molar-refractivity contribution < 1.29 is 107 Å². The standard InChI is InChI=1S/C10H15N5O10P2.2Na/c11-8-5-9(13-2-12-8)15(3-14-5)10-7(17)6(16)4(24-10)1-23-27(21,22)25-26(18,19)20;;/h2-4,6-7,10,16-17H,1H2,(H,21,22)(H2,11,12,13)(H2,18,19,20);;/q;2*+1/p-2/t4-,6-,7-,10?;;/m1../s1. The zero-order valence-electron chi connectivity index (χ0n) is 15.1. The van der Waals surface area contributed by atoms with Crippen molar-refractivity contribution in [3.8, 4) is 0 Å². The van der Waals surface area contributed by atoms with Crippen LogP contribution in [0.25, 0.3) is 11.2 Å². The van der Waals surface area contributed by atoms with Crippen LogP contribution in [0.2, 0.25) is 0 Å². The van der Waals surface area contributed by atoms with Crippen LogP contribution in [0.5, 0.6) is 0 Å². The normalized spacial score (nSPS) is 28.2. The third-order valence-corrected chi connectivity index (χ3v) is 5.69. The van der Waals surface area contributed by atoms with Crippen LogP contribution < -0.4 is 74.6 Å². The molecule has 0 aliphatic carbocycles. The van der Waals surface area contributed by atoms with Gasteiger partial charge in [-0.15, -0.1) is 0 Å². The summed E-state index contributed by atoms with van der Waals surface area (Å²) in [5.74, 6) is 0.0714. The number of hydrogen-bond donors (Lipinski definition) is 4. The number of nitrogens with two attached hydrogens (primary N) is 1. The van der Waals surface area contributed by atoms with E-state index in [0.717, 1.165) is 6.33 Å². The van der Waals surface area contributed by atoms with Crippen LogP contribution in [-0.2, 0) is 22.7 Å². The number of rotatable bonds is 6. The van der Waals surface area contributed by atoms with E-state index in [-0.39, 0.29) is 76.1 Å². The molecule has 19 heteroatoms. The zero-order valence-corrected chi connectivity index (χ0v) is 20.9. The molecule has 1 aliphatic heterocycles. The summed E-state index contributed by atoms with van der Waals surface area (Å²) in [4.78, 5) is 41.9. The molecule has 0 saturated carbocycles. The second-order valence-corrected chi connectivity index (χ2v) is 8.17. The van der Waals surface area contributed by atoms with Gasteiger partial charge in [0.1, 0.15) is 30.2 Å². The second kappa shape index (κ2) is 10.4. The first-order chi connectivity index (χ1) is 12.5. The van der Waals surface area contributed by atoms with Gasteiger partial charge in [0, 0.05) is 0 Å². The summed E-state index contributed by atoms with van der Waals surface area (Å²) in [6, 6.07) is 0. The van der Waals surface area contributed by atoms with E-state index < -0.39 is 46.8 Å². The van der Waals surface area contributed by atoms with Crippen molar-refractivity contribution in [3.05, 3.63) is 12.7 Å². The van der Waals surface area contributed by atoms with Gasteiger partial charge in [-0.2, -0.15) is 0 Å². The molecular formula is C10H13N5Na2O10P2. The average Bonchev–Trinajstić information content (AvgIpc) is 3.07. The van der Waals surface area contributed by atoms with Gasteiger partial charge in [0.25, 0.3) is 15.6 Å². The predicted molar refractivity (Wildman–Crippen MR) is 80.1 cm³/mol. The first kappa shape index (κ1) is 27.5. The fraction of sp³-hybridized carbons (Fsp3) is 0.500. The molecule has 29 heavy (non-hydrogen) atoms. The minimum Gasteiger partial charge on any atom is -0.756 e. The van der Waals surface area contributed by atoms with Crippen LogP contribution in [-0.4, -0.2) is 59.5 Å². The van der Waals surface area contributed by atoms with Gasteiger partial charge < -0.3 is 39.9 Å². The molecule has 1 aliphatic rings. The monoisotopic (exact) mass is 471 g/mol. The number of ether oxygens (including phenoxy) is 1. The molecule has 3 unspecified atom stereocenters. The van der Waals surface area contributed by atoms with Crippen LogP contribution in [0.4, 0.5) is 5.82 Å². The fourth-order valence-corrected chi connectivity index (χ4v) is 4.00. The topological polar surface area (TPSA) is 238 Å². The Morgan fingerprint density at radius 1 is 1.21 bits per heavy atom. The van der Waals surface area contributed by atoms with Gasteiger partial charge in [-0.3, -0.25) is 13.7 Å². The minimum absolute atomic E-state index is 0. The molecule has 0 aromatic carbocycles. The second-order valence-electron chi connectivity index (χ2n) is 5.42. The predicted octanol–water partition coefficient (Wildman–Crippen LogP) is -9.00. The van der Waals surface area contributed by atoms with Crippen molar-refractivity contribution in [1.29, 1.82) is 0 Å². The van der Waals surface area contributed by atoms with Gasteiger partial charge in [-0.05, 0) is 0 Å². The molecule has 0 bridgehead atoms. The van der Waals surface area contributed by atoms with Gasteiger partial charge in [0.2, 0.25) is 0 Å². The molecule has 3 heterocycles. The fourth-order valence-electron chi connectivity index (χ4n) is 2.47. The largest absolute Gasteiger partial charge is 1.00 e. The molecule has 0 spiro atoms. The van der Waals surface area contributed by atoms with Crippen LogP contribution in [0.15, 0.2) is 12.7 Å². The number of fused-ring (bicyclic) bond motifs is 1. The summed E-state index contributed by atoms with van der Waals surface area (Å²) >= 11 is 0. The SMILES string of the molecule is Nc1ncnc2c1ncn2C1O[C@H](COP(=O)([O-])OP(=O)([O-])O)[C@@H](O)[C@H]1O.[Na+].[Na+]. The summed E-state index contributed by atoms with van der Waals surface area (Å²) in [5, 5.41) is 20.2. The number of imidazole rings is 1. The summed E-state index contributed by atoms with van der Waals surface area (Å²) in [6.07, 6.45) is -3.40. The van der Waals surface area contributed by atoms with E-state index in [0.29, 0.717) is 0 Å². The minimum atomic E-state index is -5.60. The summed E-state index contributed by atoms with van der Waals surface area (Å²) < 4.78 is 36.1. The summed E-state index contributed by atoms with van der Waals surface area (Å²) in [5.41, 5.74) is 6.06. The number of phosphoric acid groups is 2. The maximum Gasteiger partial charge on any atom is 1.00 e.